The maximum absolute atomic E-state index is 6.23. The maximum Gasteiger partial charge on any atom is 0.120 e. The zero-order chi connectivity index (χ0) is 14.0. The average molecular weight is 291 g/mol. The minimum atomic E-state index is 0.175. The molecule has 0 bridgehead atoms. The van der Waals surface area contributed by atoms with Gasteiger partial charge in [-0.25, -0.2) is 0 Å². The molecule has 1 saturated heterocycles. The van der Waals surface area contributed by atoms with Gasteiger partial charge < -0.3 is 15.2 Å². The van der Waals surface area contributed by atoms with Gasteiger partial charge in [-0.05, 0) is 37.8 Å². The summed E-state index contributed by atoms with van der Waals surface area (Å²) in [5.41, 5.74) is 6.65. The number of hydrogen-bond donors (Lipinski definition) is 1. The molecule has 1 aromatic carbocycles. The molecule has 2 aliphatic rings. The first-order chi connectivity index (χ1) is 9.67. The highest BCUT2D eigenvalue weighted by Gasteiger charge is 2.42. The van der Waals surface area contributed by atoms with E-state index in [1.165, 1.54) is 32.1 Å². The zero-order valence-electron chi connectivity index (χ0n) is 11.6. The molecule has 1 saturated carbocycles. The summed E-state index contributed by atoms with van der Waals surface area (Å²) in [7, 11) is 0. The van der Waals surface area contributed by atoms with Crippen molar-refractivity contribution in [1.29, 1.82) is 0 Å². The molecule has 1 spiro atoms. The molecule has 108 valence electrons. The highest BCUT2D eigenvalue weighted by molar-refractivity contribution is 7.80. The Hall–Kier alpha value is -1.13. The van der Waals surface area contributed by atoms with E-state index in [1.807, 2.05) is 24.3 Å². The Morgan fingerprint density at radius 3 is 2.90 bits per heavy atom. The Morgan fingerprint density at radius 2 is 2.15 bits per heavy atom. The quantitative estimate of drug-likeness (QED) is 0.865. The fourth-order valence-electron chi connectivity index (χ4n) is 3.33. The molecule has 4 heteroatoms. The summed E-state index contributed by atoms with van der Waals surface area (Å²) in [6.07, 6.45) is 7.58. The highest BCUT2D eigenvalue weighted by Crippen LogP contribution is 2.43. The van der Waals surface area contributed by atoms with Crippen LogP contribution in [0.5, 0.6) is 5.75 Å². The van der Waals surface area contributed by atoms with Gasteiger partial charge in [-0.3, -0.25) is 0 Å². The first kappa shape index (κ1) is 13.8. The monoisotopic (exact) mass is 291 g/mol. The van der Waals surface area contributed by atoms with E-state index >= 15 is 0 Å². The molecule has 1 aliphatic carbocycles. The van der Waals surface area contributed by atoms with Gasteiger partial charge in [0.15, 0.2) is 0 Å². The van der Waals surface area contributed by atoms with E-state index in [0.29, 0.717) is 11.6 Å². The highest BCUT2D eigenvalue weighted by atomic mass is 32.1. The Bertz CT molecular complexity index is 497. The number of rotatable bonds is 4. The number of hydrogen-bond acceptors (Lipinski definition) is 3. The van der Waals surface area contributed by atoms with E-state index in [-0.39, 0.29) is 11.7 Å². The molecule has 1 aromatic rings. The molecular weight excluding hydrogens is 270 g/mol. The van der Waals surface area contributed by atoms with Crippen LogP contribution in [0.25, 0.3) is 0 Å². The summed E-state index contributed by atoms with van der Waals surface area (Å²) < 4.78 is 12.1. The average Bonchev–Trinajstić information content (AvgIpc) is 3.08. The summed E-state index contributed by atoms with van der Waals surface area (Å²) in [6.45, 7) is 0.614. The zero-order valence-corrected chi connectivity index (χ0v) is 12.5. The Labute approximate surface area is 125 Å². The second-order valence-electron chi connectivity index (χ2n) is 5.87. The summed E-state index contributed by atoms with van der Waals surface area (Å²) >= 11 is 4.98. The van der Waals surface area contributed by atoms with Gasteiger partial charge in [0.25, 0.3) is 0 Å². The third kappa shape index (κ3) is 2.96. The second-order valence-corrected chi connectivity index (χ2v) is 6.31. The Balaban J connectivity index is 1.55. The van der Waals surface area contributed by atoms with Crippen molar-refractivity contribution in [2.24, 2.45) is 5.73 Å². The predicted molar refractivity (Wildman–Crippen MR) is 83.1 cm³/mol. The summed E-state index contributed by atoms with van der Waals surface area (Å²) in [5, 5.41) is 0. The van der Waals surface area contributed by atoms with Crippen LogP contribution in [0, 0.1) is 0 Å². The van der Waals surface area contributed by atoms with Crippen LogP contribution in [0.4, 0.5) is 0 Å². The molecule has 20 heavy (non-hydrogen) atoms. The van der Waals surface area contributed by atoms with Gasteiger partial charge in [0, 0.05) is 5.56 Å². The van der Waals surface area contributed by atoms with Crippen LogP contribution < -0.4 is 10.5 Å². The van der Waals surface area contributed by atoms with Crippen LogP contribution in [0.15, 0.2) is 24.3 Å². The number of ether oxygens (including phenoxy) is 2. The normalized spacial score (nSPS) is 24.1. The molecule has 1 heterocycles. The summed E-state index contributed by atoms with van der Waals surface area (Å²) in [6, 6.07) is 7.64. The predicted octanol–water partition coefficient (Wildman–Crippen LogP) is 3.19. The number of nitrogens with two attached hydrogens (primary N) is 1. The topological polar surface area (TPSA) is 44.5 Å². The molecule has 0 aromatic heterocycles. The largest absolute Gasteiger partial charge is 0.491 e. The number of thiocarbonyl (C=S) groups is 1. The van der Waals surface area contributed by atoms with Crippen molar-refractivity contribution in [1.82, 2.24) is 0 Å². The molecule has 3 nitrogen and oxygen atoms in total. The molecule has 3 rings (SSSR count). The molecular formula is C16H21NO2S. The van der Waals surface area contributed by atoms with Crippen LogP contribution in [0.2, 0.25) is 0 Å². The first-order valence-corrected chi connectivity index (χ1v) is 7.78. The van der Waals surface area contributed by atoms with E-state index in [2.05, 4.69) is 0 Å². The van der Waals surface area contributed by atoms with Crippen LogP contribution in [0.3, 0.4) is 0 Å². The van der Waals surface area contributed by atoms with Crippen LogP contribution in [-0.2, 0) is 4.74 Å². The van der Waals surface area contributed by atoms with Crippen LogP contribution in [0.1, 0.15) is 44.1 Å². The third-order valence-corrected chi connectivity index (χ3v) is 4.64. The van der Waals surface area contributed by atoms with E-state index < -0.39 is 0 Å². The van der Waals surface area contributed by atoms with Crippen molar-refractivity contribution >= 4 is 17.2 Å². The maximum atomic E-state index is 6.23. The van der Waals surface area contributed by atoms with Crippen molar-refractivity contribution < 1.29 is 9.47 Å². The van der Waals surface area contributed by atoms with E-state index in [1.54, 1.807) is 0 Å². The Kier molecular flexibility index (Phi) is 3.94. The first-order valence-electron chi connectivity index (χ1n) is 7.37. The van der Waals surface area contributed by atoms with Crippen molar-refractivity contribution in [2.45, 2.75) is 50.2 Å². The van der Waals surface area contributed by atoms with Crippen LogP contribution >= 0.6 is 12.2 Å². The minimum Gasteiger partial charge on any atom is -0.491 e. The smallest absolute Gasteiger partial charge is 0.120 e. The van der Waals surface area contributed by atoms with Gasteiger partial charge in [-0.1, -0.05) is 37.2 Å². The van der Waals surface area contributed by atoms with E-state index in [0.717, 1.165) is 17.7 Å². The van der Waals surface area contributed by atoms with E-state index in [9.17, 15) is 0 Å². The lowest BCUT2D eigenvalue weighted by Gasteiger charge is -2.23. The molecule has 1 aliphatic heterocycles. The fraction of sp³-hybridized carbons (Fsp3) is 0.562. The van der Waals surface area contributed by atoms with Crippen LogP contribution in [-0.4, -0.2) is 23.3 Å². The SMILES string of the molecule is NC(=S)c1cccc(OCC2CCC3(CCCC3)O2)c1. The number of benzene rings is 1. The van der Waals surface area contributed by atoms with Crippen molar-refractivity contribution in [3.8, 4) is 5.75 Å². The van der Waals surface area contributed by atoms with Crippen molar-refractivity contribution in [3.05, 3.63) is 29.8 Å². The lowest BCUT2D eigenvalue weighted by Crippen LogP contribution is -2.27. The fourth-order valence-corrected chi connectivity index (χ4v) is 3.46. The van der Waals surface area contributed by atoms with Gasteiger partial charge in [-0.15, -0.1) is 0 Å². The molecule has 1 unspecified atom stereocenters. The molecule has 2 fully saturated rings. The van der Waals surface area contributed by atoms with Gasteiger partial charge in [0.2, 0.25) is 0 Å². The molecule has 0 amide bonds. The summed E-state index contributed by atoms with van der Waals surface area (Å²) in [5.74, 6) is 0.811. The molecule has 2 N–H and O–H groups in total. The van der Waals surface area contributed by atoms with Crippen molar-refractivity contribution in [2.75, 3.05) is 6.61 Å². The van der Waals surface area contributed by atoms with Gasteiger partial charge in [0.05, 0.1) is 11.7 Å². The molecule has 1 atom stereocenters. The van der Waals surface area contributed by atoms with Crippen molar-refractivity contribution in [3.63, 3.8) is 0 Å². The van der Waals surface area contributed by atoms with Gasteiger partial charge in [0.1, 0.15) is 17.3 Å². The lowest BCUT2D eigenvalue weighted by molar-refractivity contribution is -0.0508. The standard InChI is InChI=1S/C16H21NO2S/c17-15(20)12-4-3-5-13(10-12)18-11-14-6-9-16(19-14)7-1-2-8-16/h3-5,10,14H,1-2,6-9,11H2,(H2,17,20). The Morgan fingerprint density at radius 1 is 1.35 bits per heavy atom. The van der Waals surface area contributed by atoms with Gasteiger partial charge in [-0.2, -0.15) is 0 Å². The lowest BCUT2D eigenvalue weighted by atomic mass is 9.98. The van der Waals surface area contributed by atoms with E-state index in [4.69, 9.17) is 27.4 Å². The second kappa shape index (κ2) is 5.70. The minimum absolute atomic E-state index is 0.175. The molecule has 0 radical (unpaired) electrons. The van der Waals surface area contributed by atoms with Gasteiger partial charge >= 0.3 is 0 Å². The third-order valence-electron chi connectivity index (χ3n) is 4.41. The summed E-state index contributed by atoms with van der Waals surface area (Å²) in [4.78, 5) is 0.400.